The van der Waals surface area contributed by atoms with E-state index in [1.165, 1.54) is 0 Å². The fourth-order valence-corrected chi connectivity index (χ4v) is 1.48. The molecule has 0 saturated carbocycles. The zero-order valence-electron chi connectivity index (χ0n) is 9.04. The molecule has 2 rings (SSSR count). The second-order valence-corrected chi connectivity index (χ2v) is 3.86. The van der Waals surface area contributed by atoms with Gasteiger partial charge in [-0.1, -0.05) is 11.3 Å². The van der Waals surface area contributed by atoms with Gasteiger partial charge in [0, 0.05) is 18.5 Å². The van der Waals surface area contributed by atoms with Crippen LogP contribution in [0.4, 0.5) is 0 Å². The third-order valence-electron chi connectivity index (χ3n) is 2.17. The predicted octanol–water partition coefficient (Wildman–Crippen LogP) is 0.863. The molecule has 0 aliphatic rings. The highest BCUT2D eigenvalue weighted by Crippen LogP contribution is 2.14. The number of nitrogens with zero attached hydrogens (tertiary/aromatic N) is 3. The van der Waals surface area contributed by atoms with Gasteiger partial charge >= 0.3 is 0 Å². The summed E-state index contributed by atoms with van der Waals surface area (Å²) < 4.78 is 1.62. The van der Waals surface area contributed by atoms with Crippen LogP contribution in [0, 0.1) is 0 Å². The molecule has 3 N–H and O–H groups in total. The van der Waals surface area contributed by atoms with Crippen LogP contribution in [0.5, 0.6) is 5.75 Å². The molecule has 1 aromatic heterocycles. The van der Waals surface area contributed by atoms with E-state index in [2.05, 4.69) is 10.3 Å². The smallest absolute Gasteiger partial charge is 0.117 e. The molecule has 1 aromatic carbocycles. The van der Waals surface area contributed by atoms with Crippen molar-refractivity contribution < 1.29 is 5.11 Å². The Balaban J connectivity index is 2.24. The molecule has 5 heteroatoms. The first-order valence-electron chi connectivity index (χ1n) is 5.11. The minimum atomic E-state index is 0.0642. The molecule has 0 fully saturated rings. The van der Waals surface area contributed by atoms with E-state index in [0.717, 1.165) is 11.4 Å². The number of phenols is 1. The monoisotopic (exact) mass is 218 g/mol. The summed E-state index contributed by atoms with van der Waals surface area (Å²) in [7, 11) is 0. The maximum Gasteiger partial charge on any atom is 0.117 e. The molecule has 0 aliphatic heterocycles. The zero-order valence-corrected chi connectivity index (χ0v) is 9.04. The van der Waals surface area contributed by atoms with E-state index in [-0.39, 0.29) is 11.8 Å². The molecular weight excluding hydrogens is 204 g/mol. The predicted molar refractivity (Wildman–Crippen MR) is 60.4 cm³/mol. The van der Waals surface area contributed by atoms with Gasteiger partial charge in [-0.2, -0.15) is 0 Å². The Bertz CT molecular complexity index is 478. The van der Waals surface area contributed by atoms with Gasteiger partial charge in [0.2, 0.25) is 0 Å². The third kappa shape index (κ3) is 2.38. The Morgan fingerprint density at radius 1 is 1.50 bits per heavy atom. The summed E-state index contributed by atoms with van der Waals surface area (Å²) in [5, 5.41) is 17.3. The molecule has 0 spiro atoms. The number of rotatable bonds is 3. The summed E-state index contributed by atoms with van der Waals surface area (Å²) in [4.78, 5) is 0. The average Bonchev–Trinajstić information content (AvgIpc) is 2.65. The van der Waals surface area contributed by atoms with Crippen LogP contribution < -0.4 is 5.73 Å². The van der Waals surface area contributed by atoms with Crippen molar-refractivity contribution >= 4 is 0 Å². The second kappa shape index (κ2) is 4.32. The quantitative estimate of drug-likeness (QED) is 0.801. The lowest BCUT2D eigenvalue weighted by Crippen LogP contribution is -2.17. The van der Waals surface area contributed by atoms with Crippen molar-refractivity contribution in [3.05, 3.63) is 36.2 Å². The normalized spacial score (nSPS) is 12.6. The number of benzene rings is 1. The van der Waals surface area contributed by atoms with Crippen molar-refractivity contribution in [2.45, 2.75) is 19.4 Å². The summed E-state index contributed by atoms with van der Waals surface area (Å²) >= 11 is 0. The summed E-state index contributed by atoms with van der Waals surface area (Å²) in [6, 6.07) is 6.92. The molecule has 0 bridgehead atoms. The summed E-state index contributed by atoms with van der Waals surface area (Å²) in [5.41, 5.74) is 7.31. The molecule has 0 radical (unpaired) electrons. The Labute approximate surface area is 93.5 Å². The molecule has 5 nitrogen and oxygen atoms in total. The Morgan fingerprint density at radius 2 is 2.31 bits per heavy atom. The van der Waals surface area contributed by atoms with Crippen molar-refractivity contribution in [2.24, 2.45) is 5.73 Å². The molecule has 0 amide bonds. The van der Waals surface area contributed by atoms with Gasteiger partial charge in [0.1, 0.15) is 5.75 Å². The van der Waals surface area contributed by atoms with E-state index >= 15 is 0 Å². The maximum atomic E-state index is 9.35. The standard InChI is InChI=1S/C11H14N4O/c1-8(12)5-9-7-15(14-13-9)10-3-2-4-11(16)6-10/h2-4,6-8,16H,5,12H2,1H3. The first-order valence-corrected chi connectivity index (χ1v) is 5.11. The number of phenolic OH excluding ortho intramolecular Hbond substituents is 1. The first-order chi connectivity index (χ1) is 7.65. The molecule has 84 valence electrons. The second-order valence-electron chi connectivity index (χ2n) is 3.86. The highest BCUT2D eigenvalue weighted by molar-refractivity contribution is 5.37. The first kappa shape index (κ1) is 10.6. The van der Waals surface area contributed by atoms with Crippen LogP contribution in [-0.4, -0.2) is 26.1 Å². The van der Waals surface area contributed by atoms with Gasteiger partial charge < -0.3 is 10.8 Å². The van der Waals surface area contributed by atoms with Crippen molar-refractivity contribution in [1.82, 2.24) is 15.0 Å². The van der Waals surface area contributed by atoms with Crippen LogP contribution >= 0.6 is 0 Å². The summed E-state index contributed by atoms with van der Waals surface area (Å²) in [5.74, 6) is 0.210. The van der Waals surface area contributed by atoms with Crippen LogP contribution in [-0.2, 0) is 6.42 Å². The van der Waals surface area contributed by atoms with Crippen LogP contribution in [0.15, 0.2) is 30.5 Å². The molecule has 0 saturated heterocycles. The highest BCUT2D eigenvalue weighted by Gasteiger charge is 2.05. The molecule has 1 atom stereocenters. The van der Waals surface area contributed by atoms with Crippen LogP contribution in [0.3, 0.4) is 0 Å². The van der Waals surface area contributed by atoms with E-state index in [1.54, 1.807) is 22.9 Å². The fraction of sp³-hybridized carbons (Fsp3) is 0.273. The minimum absolute atomic E-state index is 0.0642. The average molecular weight is 218 g/mol. The molecular formula is C11H14N4O. The van der Waals surface area contributed by atoms with Crippen LogP contribution in [0.2, 0.25) is 0 Å². The van der Waals surface area contributed by atoms with Gasteiger partial charge in [0.15, 0.2) is 0 Å². The Hall–Kier alpha value is -1.88. The van der Waals surface area contributed by atoms with Crippen LogP contribution in [0.25, 0.3) is 5.69 Å². The lowest BCUT2D eigenvalue weighted by Gasteiger charge is -2.00. The summed E-state index contributed by atoms with van der Waals surface area (Å²) in [6.45, 7) is 1.92. The van der Waals surface area contributed by atoms with Gasteiger partial charge in [-0.25, -0.2) is 4.68 Å². The van der Waals surface area contributed by atoms with E-state index in [9.17, 15) is 5.11 Å². The van der Waals surface area contributed by atoms with Gasteiger partial charge in [-0.15, -0.1) is 5.10 Å². The molecule has 16 heavy (non-hydrogen) atoms. The van der Waals surface area contributed by atoms with Gasteiger partial charge in [0.05, 0.1) is 17.6 Å². The number of hydrogen-bond acceptors (Lipinski definition) is 4. The van der Waals surface area contributed by atoms with E-state index in [1.807, 2.05) is 19.2 Å². The summed E-state index contributed by atoms with van der Waals surface area (Å²) in [6.07, 6.45) is 2.51. The Morgan fingerprint density at radius 3 is 3.00 bits per heavy atom. The SMILES string of the molecule is CC(N)Cc1cn(-c2cccc(O)c2)nn1. The number of nitrogens with two attached hydrogens (primary N) is 1. The Kier molecular flexibility index (Phi) is 2.87. The van der Waals surface area contributed by atoms with Gasteiger partial charge in [-0.3, -0.25) is 0 Å². The lowest BCUT2D eigenvalue weighted by atomic mass is 10.2. The largest absolute Gasteiger partial charge is 0.508 e. The van der Waals surface area contributed by atoms with Gasteiger partial charge in [-0.05, 0) is 19.1 Å². The highest BCUT2D eigenvalue weighted by atomic mass is 16.3. The molecule has 2 aromatic rings. The van der Waals surface area contributed by atoms with E-state index in [0.29, 0.717) is 6.42 Å². The molecule has 1 heterocycles. The number of hydrogen-bond donors (Lipinski definition) is 2. The van der Waals surface area contributed by atoms with Crippen molar-refractivity contribution in [1.29, 1.82) is 0 Å². The van der Waals surface area contributed by atoms with Crippen LogP contribution in [0.1, 0.15) is 12.6 Å². The molecule has 0 aliphatic carbocycles. The molecule has 1 unspecified atom stereocenters. The minimum Gasteiger partial charge on any atom is -0.508 e. The number of aromatic nitrogens is 3. The maximum absolute atomic E-state index is 9.35. The van der Waals surface area contributed by atoms with Crippen molar-refractivity contribution in [3.63, 3.8) is 0 Å². The third-order valence-corrected chi connectivity index (χ3v) is 2.17. The fourth-order valence-electron chi connectivity index (χ4n) is 1.48. The topological polar surface area (TPSA) is 77.0 Å². The van der Waals surface area contributed by atoms with E-state index < -0.39 is 0 Å². The number of aromatic hydroxyl groups is 1. The van der Waals surface area contributed by atoms with Crippen molar-refractivity contribution in [2.75, 3.05) is 0 Å². The van der Waals surface area contributed by atoms with Crippen molar-refractivity contribution in [3.8, 4) is 11.4 Å². The zero-order chi connectivity index (χ0) is 11.5. The van der Waals surface area contributed by atoms with E-state index in [4.69, 9.17) is 5.73 Å². The lowest BCUT2D eigenvalue weighted by molar-refractivity contribution is 0.474. The van der Waals surface area contributed by atoms with Gasteiger partial charge in [0.25, 0.3) is 0 Å².